The molecule has 2 fully saturated rings. The summed E-state index contributed by atoms with van der Waals surface area (Å²) in [5.41, 5.74) is 3.96. The van der Waals surface area contributed by atoms with E-state index in [1.54, 1.807) is 11.2 Å². The van der Waals surface area contributed by atoms with E-state index >= 15 is 0 Å². The minimum atomic E-state index is -0.483. The number of nitrogens with one attached hydrogen (secondary N) is 1. The van der Waals surface area contributed by atoms with Crippen LogP contribution in [0.25, 0.3) is 16.3 Å². The fourth-order valence-electron chi connectivity index (χ4n) is 6.66. The molecule has 8 heteroatoms. The van der Waals surface area contributed by atoms with Gasteiger partial charge in [-0.15, -0.1) is 0 Å². The molecule has 2 aliphatic heterocycles. The number of imidazole rings is 1. The molecular weight excluding hydrogens is 574 g/mol. The maximum Gasteiger partial charge on any atom is 0.410 e. The predicted molar refractivity (Wildman–Crippen MR) is 181 cm³/mol. The maximum atomic E-state index is 13.0. The number of fused-ring (bicyclic) bond motifs is 2. The average Bonchev–Trinajstić information content (AvgIpc) is 3.53. The Morgan fingerprint density at radius 2 is 1.72 bits per heavy atom. The second-order valence-electron chi connectivity index (χ2n) is 13.7. The second kappa shape index (κ2) is 13.6. The van der Waals surface area contributed by atoms with Gasteiger partial charge in [0.05, 0.1) is 18.0 Å². The molecule has 0 aliphatic carbocycles. The summed E-state index contributed by atoms with van der Waals surface area (Å²) in [6.07, 6.45) is 8.81. The first-order valence-corrected chi connectivity index (χ1v) is 16.6. The summed E-state index contributed by atoms with van der Waals surface area (Å²) >= 11 is 0. The minimum absolute atomic E-state index is 0.0332. The first-order valence-electron chi connectivity index (χ1n) is 16.6. The topological polar surface area (TPSA) is 79.2 Å². The van der Waals surface area contributed by atoms with Crippen LogP contribution in [0.2, 0.25) is 0 Å². The third kappa shape index (κ3) is 7.37. The summed E-state index contributed by atoms with van der Waals surface area (Å²) in [4.78, 5) is 33.9. The van der Waals surface area contributed by atoms with Gasteiger partial charge in [0.2, 0.25) is 5.91 Å². The molecule has 240 valence electrons. The van der Waals surface area contributed by atoms with Gasteiger partial charge in [0.25, 0.3) is 0 Å². The molecule has 1 N–H and O–H groups in total. The molecule has 0 saturated carbocycles. The number of piperidine rings is 2. The number of rotatable bonds is 5. The number of ether oxygens (including phenoxy) is 1. The highest BCUT2D eigenvalue weighted by molar-refractivity contribution is 5.91. The van der Waals surface area contributed by atoms with Gasteiger partial charge in [0.1, 0.15) is 5.60 Å². The maximum absolute atomic E-state index is 13.0. The number of aromatic nitrogens is 2. The summed E-state index contributed by atoms with van der Waals surface area (Å²) < 4.78 is 7.52. The molecule has 6 rings (SSSR count). The van der Waals surface area contributed by atoms with E-state index < -0.39 is 5.60 Å². The van der Waals surface area contributed by atoms with Crippen LogP contribution in [0.4, 0.5) is 4.79 Å². The molecule has 0 spiro atoms. The van der Waals surface area contributed by atoms with Gasteiger partial charge >= 0.3 is 6.09 Å². The van der Waals surface area contributed by atoms with Crippen LogP contribution in [0.1, 0.15) is 76.1 Å². The molecule has 1 atom stereocenters. The zero-order valence-electron chi connectivity index (χ0n) is 27.5. The van der Waals surface area contributed by atoms with Crippen LogP contribution in [0.3, 0.4) is 0 Å². The molecular formula is C38H45N5O3. The summed E-state index contributed by atoms with van der Waals surface area (Å²) in [6.45, 7) is 11.6. The number of hydrogen-bond acceptors (Lipinski definition) is 5. The first-order chi connectivity index (χ1) is 22.1. The average molecular weight is 620 g/mol. The summed E-state index contributed by atoms with van der Waals surface area (Å²) in [5, 5.41) is 5.56. The van der Waals surface area contributed by atoms with E-state index in [4.69, 9.17) is 4.74 Å². The van der Waals surface area contributed by atoms with E-state index in [0.29, 0.717) is 19.6 Å². The van der Waals surface area contributed by atoms with E-state index in [0.717, 1.165) is 55.4 Å². The van der Waals surface area contributed by atoms with Crippen molar-refractivity contribution in [3.05, 3.63) is 83.9 Å². The van der Waals surface area contributed by atoms with Gasteiger partial charge in [-0.05, 0) is 100 Å². The number of likely N-dealkylation sites (tertiary alicyclic amines) is 2. The van der Waals surface area contributed by atoms with Crippen molar-refractivity contribution in [1.29, 1.82) is 0 Å². The fourth-order valence-corrected chi connectivity index (χ4v) is 6.66. The van der Waals surface area contributed by atoms with Gasteiger partial charge in [-0.3, -0.25) is 9.69 Å². The zero-order chi connectivity index (χ0) is 32.3. The van der Waals surface area contributed by atoms with Crippen LogP contribution in [0.15, 0.2) is 67.3 Å². The van der Waals surface area contributed by atoms with Crippen molar-refractivity contribution in [2.45, 2.75) is 71.6 Å². The third-order valence-corrected chi connectivity index (χ3v) is 9.35. The number of pyridine rings is 1. The predicted octanol–water partition coefficient (Wildman–Crippen LogP) is 6.58. The molecule has 2 aromatic heterocycles. The van der Waals surface area contributed by atoms with Gasteiger partial charge < -0.3 is 19.4 Å². The molecule has 1 unspecified atom stereocenters. The number of hydrogen-bond donors (Lipinski definition) is 1. The standard InChI is InChI=1S/C38H45N5O3/c1-27(41-21-17-31(18-22-41)36(44)40-23-29-10-13-32-24-39-26-43(32)25-29)33-14-12-30(34-7-5-6-8-35(33)34)11-9-28-15-19-42(20-16-28)37(45)46-38(2,3)4/h5-8,10,12-14,24-28,31H,15-23H2,1-4H3,(H,40,44). The van der Waals surface area contributed by atoms with Gasteiger partial charge in [-0.25, -0.2) is 9.78 Å². The van der Waals surface area contributed by atoms with E-state index in [2.05, 4.69) is 70.4 Å². The van der Waals surface area contributed by atoms with Crippen LogP contribution in [0.5, 0.6) is 0 Å². The summed E-state index contributed by atoms with van der Waals surface area (Å²) in [7, 11) is 0. The van der Waals surface area contributed by atoms with Crippen LogP contribution < -0.4 is 5.32 Å². The van der Waals surface area contributed by atoms with Crippen molar-refractivity contribution >= 4 is 28.3 Å². The molecule has 2 amide bonds. The first kappa shape index (κ1) is 31.6. The Kier molecular flexibility index (Phi) is 9.32. The summed E-state index contributed by atoms with van der Waals surface area (Å²) in [5.74, 6) is 7.43. The van der Waals surface area contributed by atoms with Gasteiger partial charge in [0.15, 0.2) is 0 Å². The van der Waals surface area contributed by atoms with Crippen LogP contribution in [-0.4, -0.2) is 63.0 Å². The highest BCUT2D eigenvalue weighted by Gasteiger charge is 2.29. The van der Waals surface area contributed by atoms with Crippen molar-refractivity contribution in [1.82, 2.24) is 24.5 Å². The lowest BCUT2D eigenvalue weighted by atomic mass is 9.91. The van der Waals surface area contributed by atoms with Crippen LogP contribution in [0, 0.1) is 23.7 Å². The van der Waals surface area contributed by atoms with E-state index in [-0.39, 0.29) is 29.9 Å². The highest BCUT2D eigenvalue weighted by Crippen LogP contribution is 2.33. The highest BCUT2D eigenvalue weighted by atomic mass is 16.6. The minimum Gasteiger partial charge on any atom is -0.444 e. The van der Waals surface area contributed by atoms with E-state index in [1.807, 2.05) is 49.7 Å². The van der Waals surface area contributed by atoms with Crippen molar-refractivity contribution in [3.8, 4) is 11.8 Å². The lowest BCUT2D eigenvalue weighted by Gasteiger charge is -2.36. The monoisotopic (exact) mass is 619 g/mol. The molecule has 0 radical (unpaired) electrons. The smallest absolute Gasteiger partial charge is 0.410 e. The molecule has 8 nitrogen and oxygen atoms in total. The Balaban J connectivity index is 1.05. The largest absolute Gasteiger partial charge is 0.444 e. The van der Waals surface area contributed by atoms with Gasteiger partial charge in [-0.2, -0.15) is 0 Å². The lowest BCUT2D eigenvalue weighted by Crippen LogP contribution is -2.41. The lowest BCUT2D eigenvalue weighted by molar-refractivity contribution is -0.126. The Morgan fingerprint density at radius 3 is 2.46 bits per heavy atom. The van der Waals surface area contributed by atoms with Crippen molar-refractivity contribution in [2.24, 2.45) is 11.8 Å². The second-order valence-corrected chi connectivity index (χ2v) is 13.7. The summed E-state index contributed by atoms with van der Waals surface area (Å²) in [6, 6.07) is 17.2. The Hall–Kier alpha value is -4.35. The van der Waals surface area contributed by atoms with E-state index in [9.17, 15) is 9.59 Å². The van der Waals surface area contributed by atoms with E-state index in [1.165, 1.54) is 16.3 Å². The van der Waals surface area contributed by atoms with Crippen LogP contribution >= 0.6 is 0 Å². The normalized spacial score (nSPS) is 17.4. The van der Waals surface area contributed by atoms with Crippen LogP contribution in [-0.2, 0) is 16.1 Å². The number of carbonyl (C=O) groups excluding carboxylic acids is 2. The molecule has 4 aromatic rings. The quantitative estimate of drug-likeness (QED) is 0.256. The fraction of sp³-hybridized carbons (Fsp3) is 0.447. The van der Waals surface area contributed by atoms with Crippen molar-refractivity contribution < 1.29 is 14.3 Å². The van der Waals surface area contributed by atoms with Crippen molar-refractivity contribution in [2.75, 3.05) is 26.2 Å². The molecule has 2 aromatic carbocycles. The SMILES string of the molecule is CC(c1ccc(C#CC2CCN(C(=O)OC(C)(C)C)CC2)c2ccccc12)N1CCC(C(=O)NCc2ccc3cncn3c2)CC1. The number of carbonyl (C=O) groups is 2. The molecule has 46 heavy (non-hydrogen) atoms. The zero-order valence-corrected chi connectivity index (χ0v) is 27.5. The van der Waals surface area contributed by atoms with Gasteiger partial charge in [-0.1, -0.05) is 48.2 Å². The van der Waals surface area contributed by atoms with Crippen molar-refractivity contribution in [3.63, 3.8) is 0 Å². The number of benzene rings is 2. The molecule has 2 aliphatic rings. The third-order valence-electron chi connectivity index (χ3n) is 9.35. The molecule has 4 heterocycles. The molecule has 2 saturated heterocycles. The Labute approximate surface area is 272 Å². The number of nitrogens with zero attached hydrogens (tertiary/aromatic N) is 4. The Bertz CT molecular complexity index is 1760. The van der Waals surface area contributed by atoms with Gasteiger partial charge in [0, 0.05) is 49.3 Å². The number of amides is 2. The molecule has 0 bridgehead atoms. The Morgan fingerprint density at radius 1 is 0.978 bits per heavy atom.